The van der Waals surface area contributed by atoms with Gasteiger partial charge in [0, 0.05) is 12.6 Å². The molecule has 0 aliphatic heterocycles. The van der Waals surface area contributed by atoms with Crippen molar-refractivity contribution in [3.05, 3.63) is 0 Å². The van der Waals surface area contributed by atoms with E-state index >= 15 is 0 Å². The summed E-state index contributed by atoms with van der Waals surface area (Å²) in [5, 5.41) is 8.69. The number of nitrogens with two attached hydrogens (primary N) is 1. The van der Waals surface area contributed by atoms with Crippen LogP contribution in [0.15, 0.2) is 0 Å². The van der Waals surface area contributed by atoms with Gasteiger partial charge >= 0.3 is 5.97 Å². The zero-order valence-corrected chi connectivity index (χ0v) is 9.78. The molecule has 0 rings (SSSR count). The number of amides is 1. The molecule has 0 aromatic heterocycles. The molecule has 0 spiro atoms. The summed E-state index contributed by atoms with van der Waals surface area (Å²) < 4.78 is 0. The molecule has 0 saturated heterocycles. The minimum atomic E-state index is -1.01. The van der Waals surface area contributed by atoms with Crippen LogP contribution in [0.25, 0.3) is 0 Å². The van der Waals surface area contributed by atoms with E-state index in [1.54, 1.807) is 27.7 Å². The number of aliphatic carboxylic acids is 1. The molecule has 5 nitrogen and oxygen atoms in total. The van der Waals surface area contributed by atoms with Crippen LogP contribution >= 0.6 is 0 Å². The molecule has 0 unspecified atom stereocenters. The average molecular weight is 216 g/mol. The van der Waals surface area contributed by atoms with Crippen LogP contribution in [0.3, 0.4) is 0 Å². The molecule has 0 aromatic rings. The molecule has 0 heterocycles. The van der Waals surface area contributed by atoms with Crippen LogP contribution in [-0.2, 0) is 9.59 Å². The monoisotopic (exact) mass is 216 g/mol. The van der Waals surface area contributed by atoms with Gasteiger partial charge in [-0.25, -0.2) is 0 Å². The minimum Gasteiger partial charge on any atom is -0.480 e. The van der Waals surface area contributed by atoms with Gasteiger partial charge in [-0.1, -0.05) is 0 Å². The fraction of sp³-hybridized carbons (Fsp3) is 0.800. The summed E-state index contributed by atoms with van der Waals surface area (Å²) in [4.78, 5) is 23.9. The number of carboxylic acids is 1. The highest BCUT2D eigenvalue weighted by molar-refractivity contribution is 5.85. The van der Waals surface area contributed by atoms with E-state index in [-0.39, 0.29) is 25.0 Å². The van der Waals surface area contributed by atoms with Crippen molar-refractivity contribution in [3.63, 3.8) is 0 Å². The lowest BCUT2D eigenvalue weighted by Gasteiger charge is -2.32. The minimum absolute atomic E-state index is 0.139. The third kappa shape index (κ3) is 3.87. The Kier molecular flexibility index (Phi) is 4.74. The summed E-state index contributed by atoms with van der Waals surface area (Å²) in [6, 6.07) is -0.139. The number of carboxylic acid groups (broad SMARTS) is 1. The molecule has 0 aromatic carbocycles. The Bertz CT molecular complexity index is 249. The lowest BCUT2D eigenvalue weighted by atomic mass is 9.91. The highest BCUT2D eigenvalue weighted by atomic mass is 16.4. The van der Waals surface area contributed by atoms with E-state index in [0.717, 1.165) is 0 Å². The zero-order valence-electron chi connectivity index (χ0n) is 9.78. The van der Waals surface area contributed by atoms with Gasteiger partial charge in [0.25, 0.3) is 0 Å². The Hall–Kier alpha value is -1.10. The van der Waals surface area contributed by atoms with Crippen LogP contribution in [-0.4, -0.2) is 41.0 Å². The molecule has 0 radical (unpaired) electrons. The molecule has 0 fully saturated rings. The summed E-state index contributed by atoms with van der Waals surface area (Å²) >= 11 is 0. The van der Waals surface area contributed by atoms with E-state index < -0.39 is 11.4 Å². The van der Waals surface area contributed by atoms with Crippen molar-refractivity contribution in [2.75, 3.05) is 13.1 Å². The molecule has 0 bridgehead atoms. The molecule has 0 aliphatic carbocycles. The second kappa shape index (κ2) is 5.11. The number of nitrogens with zero attached hydrogens (tertiary/aromatic N) is 1. The van der Waals surface area contributed by atoms with Gasteiger partial charge < -0.3 is 15.7 Å². The Morgan fingerprint density at radius 3 is 2.13 bits per heavy atom. The van der Waals surface area contributed by atoms with E-state index in [1.165, 1.54) is 4.90 Å². The number of hydrogen-bond acceptors (Lipinski definition) is 3. The van der Waals surface area contributed by atoms with Gasteiger partial charge in [0.1, 0.15) is 6.54 Å². The van der Waals surface area contributed by atoms with E-state index in [9.17, 15) is 9.59 Å². The maximum atomic E-state index is 12.0. The fourth-order valence-electron chi connectivity index (χ4n) is 1.11. The molecule has 15 heavy (non-hydrogen) atoms. The van der Waals surface area contributed by atoms with Crippen LogP contribution in [0.4, 0.5) is 0 Å². The summed E-state index contributed by atoms with van der Waals surface area (Å²) in [5.74, 6) is -1.23. The summed E-state index contributed by atoms with van der Waals surface area (Å²) in [6.45, 7) is 6.93. The maximum absolute atomic E-state index is 12.0. The molecular formula is C10H20N2O3. The molecular weight excluding hydrogens is 196 g/mol. The van der Waals surface area contributed by atoms with Gasteiger partial charge in [0.2, 0.25) is 5.91 Å². The van der Waals surface area contributed by atoms with Crippen LogP contribution in [0.1, 0.15) is 27.7 Å². The summed E-state index contributed by atoms with van der Waals surface area (Å²) in [6.07, 6.45) is 0. The van der Waals surface area contributed by atoms with Crippen molar-refractivity contribution in [2.24, 2.45) is 11.1 Å². The highest BCUT2D eigenvalue weighted by Gasteiger charge is 2.32. The normalized spacial score (nSPS) is 11.6. The fourth-order valence-corrected chi connectivity index (χ4v) is 1.11. The Balaban J connectivity index is 4.78. The quantitative estimate of drug-likeness (QED) is 0.692. The number of carbonyl (C=O) groups is 2. The molecule has 88 valence electrons. The van der Waals surface area contributed by atoms with E-state index in [4.69, 9.17) is 10.8 Å². The first-order valence-electron chi connectivity index (χ1n) is 4.95. The molecule has 5 heteroatoms. The largest absolute Gasteiger partial charge is 0.480 e. The summed E-state index contributed by atoms with van der Waals surface area (Å²) in [7, 11) is 0. The van der Waals surface area contributed by atoms with Gasteiger partial charge in [-0.15, -0.1) is 0 Å². The smallest absolute Gasteiger partial charge is 0.323 e. The first-order chi connectivity index (χ1) is 6.72. The number of rotatable bonds is 5. The predicted octanol–water partition coefficient (Wildman–Crippen LogP) is 0.293. The Morgan fingerprint density at radius 1 is 1.40 bits per heavy atom. The average Bonchev–Trinajstić information content (AvgIpc) is 2.12. The van der Waals surface area contributed by atoms with Crippen molar-refractivity contribution < 1.29 is 14.7 Å². The third-order valence-corrected chi connectivity index (χ3v) is 2.28. The van der Waals surface area contributed by atoms with Gasteiger partial charge in [-0.2, -0.15) is 0 Å². The van der Waals surface area contributed by atoms with Crippen LogP contribution < -0.4 is 5.73 Å². The van der Waals surface area contributed by atoms with E-state index in [0.29, 0.717) is 0 Å². The van der Waals surface area contributed by atoms with Crippen LogP contribution in [0, 0.1) is 5.41 Å². The lowest BCUT2D eigenvalue weighted by Crippen LogP contribution is -2.49. The Labute approximate surface area is 90.2 Å². The maximum Gasteiger partial charge on any atom is 0.323 e. The zero-order chi connectivity index (χ0) is 12.2. The van der Waals surface area contributed by atoms with Crippen molar-refractivity contribution in [3.8, 4) is 0 Å². The number of carbonyl (C=O) groups excluding carboxylic acids is 1. The molecule has 0 aliphatic rings. The van der Waals surface area contributed by atoms with Crippen LogP contribution in [0.5, 0.6) is 0 Å². The molecule has 1 amide bonds. The molecule has 0 atom stereocenters. The second-order valence-corrected chi connectivity index (χ2v) is 4.51. The van der Waals surface area contributed by atoms with Crippen molar-refractivity contribution in [1.82, 2.24) is 4.90 Å². The molecule has 3 N–H and O–H groups in total. The second-order valence-electron chi connectivity index (χ2n) is 4.51. The van der Waals surface area contributed by atoms with Crippen LogP contribution in [0.2, 0.25) is 0 Å². The van der Waals surface area contributed by atoms with E-state index in [1.807, 2.05) is 0 Å². The SMILES string of the molecule is CC(C)N(CC(=O)O)C(=O)C(C)(C)CN. The van der Waals surface area contributed by atoms with Gasteiger partial charge in [0.05, 0.1) is 5.41 Å². The first kappa shape index (κ1) is 13.9. The molecule has 0 saturated carbocycles. The lowest BCUT2D eigenvalue weighted by molar-refractivity contribution is -0.150. The van der Waals surface area contributed by atoms with Gasteiger partial charge in [0.15, 0.2) is 0 Å². The van der Waals surface area contributed by atoms with Gasteiger partial charge in [-0.3, -0.25) is 9.59 Å². The standard InChI is InChI=1S/C10H20N2O3/c1-7(2)12(5-8(13)14)9(15)10(3,4)6-11/h7H,5-6,11H2,1-4H3,(H,13,14). The summed E-state index contributed by atoms with van der Waals surface area (Å²) in [5.41, 5.74) is 4.77. The first-order valence-corrected chi connectivity index (χ1v) is 4.95. The topological polar surface area (TPSA) is 83.6 Å². The third-order valence-electron chi connectivity index (χ3n) is 2.28. The van der Waals surface area contributed by atoms with Crippen molar-refractivity contribution in [1.29, 1.82) is 0 Å². The number of hydrogen-bond donors (Lipinski definition) is 2. The van der Waals surface area contributed by atoms with Crippen molar-refractivity contribution >= 4 is 11.9 Å². The van der Waals surface area contributed by atoms with Crippen molar-refractivity contribution in [2.45, 2.75) is 33.7 Å². The highest BCUT2D eigenvalue weighted by Crippen LogP contribution is 2.18. The Morgan fingerprint density at radius 2 is 1.87 bits per heavy atom. The van der Waals surface area contributed by atoms with Gasteiger partial charge in [-0.05, 0) is 27.7 Å². The van der Waals surface area contributed by atoms with E-state index in [2.05, 4.69) is 0 Å². The predicted molar refractivity (Wildman–Crippen MR) is 57.3 cm³/mol.